The van der Waals surface area contributed by atoms with Gasteiger partial charge < -0.3 is 38.4 Å². The molecule has 5 N–H and O–H groups in total. The van der Waals surface area contributed by atoms with Crippen molar-refractivity contribution in [2.75, 3.05) is 6.61 Å². The van der Waals surface area contributed by atoms with Gasteiger partial charge in [-0.2, -0.15) is 0 Å². The molecule has 2 aromatic heterocycles. The molecule has 0 saturated carbocycles. The molecule has 0 fully saturated rings. The van der Waals surface area contributed by atoms with E-state index in [0.29, 0.717) is 16.3 Å². The second kappa shape index (κ2) is 12.5. The van der Waals surface area contributed by atoms with Crippen LogP contribution < -0.4 is 11.2 Å². The topological polar surface area (TPSA) is 171 Å². The van der Waals surface area contributed by atoms with Gasteiger partial charge in [-0.05, 0) is 29.7 Å². The van der Waals surface area contributed by atoms with Crippen molar-refractivity contribution in [1.29, 1.82) is 5.41 Å². The van der Waals surface area contributed by atoms with Gasteiger partial charge in [-0.15, -0.1) is 0 Å². The number of hydrogen-bond acceptors (Lipinski definition) is 7. The predicted octanol–water partition coefficient (Wildman–Crippen LogP) is 1.52. The van der Waals surface area contributed by atoms with E-state index in [0.717, 1.165) is 14.7 Å². The molecule has 0 aliphatic rings. The second-order valence-electron chi connectivity index (χ2n) is 8.36. The Kier molecular flexibility index (Phi) is 10.7. The maximum atomic E-state index is 13.1. The number of nitrogens with zero attached hydrogens (tertiary/aromatic N) is 3. The van der Waals surface area contributed by atoms with Crippen LogP contribution in [0.5, 0.6) is 0 Å². The maximum Gasteiger partial charge on any atom is 2.00 e. The minimum absolute atomic E-state index is 0. The van der Waals surface area contributed by atoms with Gasteiger partial charge in [0.05, 0.1) is 23.9 Å². The van der Waals surface area contributed by atoms with Crippen molar-refractivity contribution in [2.24, 2.45) is 0 Å². The van der Waals surface area contributed by atoms with Crippen molar-refractivity contribution < 1.29 is 60.2 Å². The monoisotopic (exact) mass is 774 g/mol. The maximum absolute atomic E-state index is 13.1. The van der Waals surface area contributed by atoms with E-state index in [-0.39, 0.29) is 43.1 Å². The number of benzene rings is 1. The zero-order valence-corrected chi connectivity index (χ0v) is 25.4. The Morgan fingerprint density at radius 1 is 1.14 bits per heavy atom. The fraction of sp³-hybridized carbons (Fsp3) is 0.261. The van der Waals surface area contributed by atoms with Gasteiger partial charge in [-0.1, -0.05) is 47.5 Å². The van der Waals surface area contributed by atoms with Crippen molar-refractivity contribution in [1.82, 2.24) is 14.1 Å². The third kappa shape index (κ3) is 8.20. The minimum atomic E-state index is -4.79. The Morgan fingerprint density at radius 2 is 1.78 bits per heavy atom. The second-order valence-corrected chi connectivity index (χ2v) is 10.0. The third-order valence-corrected chi connectivity index (χ3v) is 6.39. The van der Waals surface area contributed by atoms with E-state index in [2.05, 4.69) is 23.4 Å². The average Bonchev–Trinajstić information content (AvgIpc) is 2.79. The van der Waals surface area contributed by atoms with E-state index in [4.69, 9.17) is 26.8 Å². The zero-order valence-electron chi connectivity index (χ0n) is 19.6. The summed E-state index contributed by atoms with van der Waals surface area (Å²) in [7, 11) is -4.79. The van der Waals surface area contributed by atoms with E-state index < -0.39 is 44.3 Å². The zero-order chi connectivity index (χ0) is 26.7. The molecule has 0 aliphatic heterocycles. The van der Waals surface area contributed by atoms with Crippen LogP contribution in [0.1, 0.15) is 12.1 Å². The molecule has 14 heteroatoms. The van der Waals surface area contributed by atoms with E-state index in [1.165, 1.54) is 18.5 Å². The van der Waals surface area contributed by atoms with Crippen molar-refractivity contribution in [3.8, 4) is 11.1 Å². The number of hydrogen-bond donors (Lipinski definition) is 5. The number of nitrogens with one attached hydrogen (secondary N) is 1. The molecular formula is C23H26ClN4O7PU. The van der Waals surface area contributed by atoms with Gasteiger partial charge in [0.25, 0.3) is 0 Å². The average molecular weight is 775 g/mol. The van der Waals surface area contributed by atoms with Gasteiger partial charge in [0.15, 0.2) is 0 Å². The fourth-order valence-corrected chi connectivity index (χ4v) is 3.95. The quantitative estimate of drug-likeness (QED) is 0.153. The van der Waals surface area contributed by atoms with Crippen molar-refractivity contribution in [3.05, 3.63) is 95.4 Å². The molecule has 0 amide bonds. The standard InChI is InChI=1S/C23H26ClN4O7P.U/c1-22(30,9-11-35-36(32,33)34)23(2,31)15-27-10-8-20(25)28(21(27)29)14-17-12-18(19(24)13-26-17)16-6-4-3-5-7-16;/h3-8,10,12-13,25,30-31H,1-2,9,11,14-15H2,(H2,32,33,34);/q-2;+2. The van der Waals surface area contributed by atoms with E-state index in [1.807, 2.05) is 30.3 Å². The van der Waals surface area contributed by atoms with Crippen LogP contribution in [-0.2, 0) is 22.2 Å². The SMILES string of the molecule is [CH2-]C(O)(CCOP(=O)(O)O)C([CH2-])(O)Cn1ccc(=N)n(Cc2cc(-c3ccccc3)c(Cl)cn2)c1=O.[U+2]. The molecule has 2 heterocycles. The molecule has 2 atom stereocenters. The van der Waals surface area contributed by atoms with Crippen LogP contribution in [0.4, 0.5) is 0 Å². The van der Waals surface area contributed by atoms with Gasteiger partial charge >= 0.3 is 44.6 Å². The molecule has 0 spiro atoms. The van der Waals surface area contributed by atoms with Crippen LogP contribution in [0, 0.1) is 50.4 Å². The van der Waals surface area contributed by atoms with Crippen LogP contribution in [0.15, 0.2) is 59.7 Å². The molecule has 11 nitrogen and oxygen atoms in total. The number of phosphoric acid groups is 1. The number of aromatic nitrogens is 3. The van der Waals surface area contributed by atoms with Gasteiger partial charge in [0.1, 0.15) is 5.49 Å². The Morgan fingerprint density at radius 3 is 2.41 bits per heavy atom. The van der Waals surface area contributed by atoms with E-state index >= 15 is 0 Å². The molecule has 1 aromatic carbocycles. The molecular weight excluding hydrogens is 749 g/mol. The summed E-state index contributed by atoms with van der Waals surface area (Å²) in [4.78, 5) is 35.0. The predicted molar refractivity (Wildman–Crippen MR) is 132 cm³/mol. The van der Waals surface area contributed by atoms with Gasteiger partial charge in [0.2, 0.25) is 0 Å². The van der Waals surface area contributed by atoms with E-state index in [9.17, 15) is 19.6 Å². The number of rotatable bonds is 10. The molecule has 196 valence electrons. The summed E-state index contributed by atoms with van der Waals surface area (Å²) in [6, 6.07) is 12.4. The molecule has 3 rings (SSSR count). The van der Waals surface area contributed by atoms with Crippen LogP contribution in [0.2, 0.25) is 5.02 Å². The molecule has 0 saturated heterocycles. The first-order chi connectivity index (χ1) is 16.7. The molecule has 3 aromatic rings. The first-order valence-electron chi connectivity index (χ1n) is 10.6. The molecule has 0 aliphatic carbocycles. The van der Waals surface area contributed by atoms with Crippen LogP contribution in [-0.4, -0.2) is 51.9 Å². The summed E-state index contributed by atoms with van der Waals surface area (Å²) < 4.78 is 17.3. The van der Waals surface area contributed by atoms with Crippen molar-refractivity contribution in [2.45, 2.75) is 30.7 Å². The summed E-state index contributed by atoms with van der Waals surface area (Å²) in [5, 5.41) is 30.0. The number of aliphatic hydroxyl groups is 2. The Hall–Kier alpha value is -1.58. The van der Waals surface area contributed by atoms with Crippen molar-refractivity contribution >= 4 is 19.4 Å². The number of pyridine rings is 1. The summed E-state index contributed by atoms with van der Waals surface area (Å²) in [5.41, 5.74) is -3.28. The smallest absolute Gasteiger partial charge is 0.422 e. The van der Waals surface area contributed by atoms with Gasteiger partial charge in [-0.25, -0.2) is 9.36 Å². The van der Waals surface area contributed by atoms with Gasteiger partial charge in [-0.3, -0.25) is 19.5 Å². The summed E-state index contributed by atoms with van der Waals surface area (Å²) >= 11 is 6.31. The third-order valence-electron chi connectivity index (χ3n) is 5.57. The fourth-order valence-electron chi connectivity index (χ4n) is 3.41. The molecule has 37 heavy (non-hydrogen) atoms. The Labute approximate surface area is 241 Å². The van der Waals surface area contributed by atoms with Crippen LogP contribution >= 0.6 is 19.4 Å². The Bertz CT molecular complexity index is 1390. The molecule has 0 bridgehead atoms. The minimum Gasteiger partial charge on any atom is -0.422 e. The first-order valence-corrected chi connectivity index (χ1v) is 12.5. The number of phosphoric ester groups is 1. The summed E-state index contributed by atoms with van der Waals surface area (Å²) in [5.74, 6) is 0. The van der Waals surface area contributed by atoms with Crippen LogP contribution in [0.3, 0.4) is 0 Å². The molecule has 2 unspecified atom stereocenters. The number of halogens is 1. The first kappa shape index (κ1) is 31.6. The van der Waals surface area contributed by atoms with Gasteiger partial charge in [0, 0.05) is 24.5 Å². The summed E-state index contributed by atoms with van der Waals surface area (Å²) in [6.07, 6.45) is 2.23. The largest absolute Gasteiger partial charge is 2.00 e. The normalized spacial score (nSPS) is 14.9. The molecule has 0 radical (unpaired) electrons. The Balaban J connectivity index is 0.00000481. The summed E-state index contributed by atoms with van der Waals surface area (Å²) in [6.45, 7) is 5.78. The van der Waals surface area contributed by atoms with Crippen molar-refractivity contribution in [3.63, 3.8) is 0 Å². The van der Waals surface area contributed by atoms with E-state index in [1.54, 1.807) is 6.07 Å². The van der Waals surface area contributed by atoms with Crippen LogP contribution in [0.25, 0.3) is 11.1 Å².